The van der Waals surface area contributed by atoms with E-state index in [2.05, 4.69) is 26.9 Å². The average molecular weight is 559 g/mol. The summed E-state index contributed by atoms with van der Waals surface area (Å²) in [5.41, 5.74) is 2.77. The van der Waals surface area contributed by atoms with Crippen molar-refractivity contribution in [3.8, 4) is 5.82 Å². The molecule has 4 aromatic rings. The fraction of sp³-hybridized carbons (Fsp3) is 0.393. The second-order valence-corrected chi connectivity index (χ2v) is 10.4. The fourth-order valence-electron chi connectivity index (χ4n) is 6.38. The number of halogens is 5. The Labute approximate surface area is 226 Å². The predicted molar refractivity (Wildman–Crippen MR) is 138 cm³/mol. The zero-order valence-corrected chi connectivity index (χ0v) is 21.6. The Morgan fingerprint density at radius 3 is 2.70 bits per heavy atom. The van der Waals surface area contributed by atoms with Gasteiger partial charge in [0, 0.05) is 30.5 Å². The highest BCUT2D eigenvalue weighted by atomic mass is 19.4. The predicted octanol–water partition coefficient (Wildman–Crippen LogP) is 5.22. The molecule has 1 aliphatic carbocycles. The third-order valence-electron chi connectivity index (χ3n) is 8.04. The summed E-state index contributed by atoms with van der Waals surface area (Å²) in [4.78, 5) is 0. The molecular weight excluding hydrogens is 531 g/mol. The Balaban J connectivity index is 1.41. The quantitative estimate of drug-likeness (QED) is 0.249. The van der Waals surface area contributed by atoms with E-state index in [9.17, 15) is 22.0 Å². The summed E-state index contributed by atoms with van der Waals surface area (Å²) in [7, 11) is 1.68. The third kappa shape index (κ3) is 4.48. The molecule has 0 radical (unpaired) electrons. The van der Waals surface area contributed by atoms with Crippen LogP contribution in [0.1, 0.15) is 35.7 Å². The number of fused-ring (bicyclic) bond motifs is 1. The van der Waals surface area contributed by atoms with Gasteiger partial charge in [0.25, 0.3) is 5.82 Å². The molecule has 7 nitrogen and oxygen atoms in total. The topological polar surface area (TPSA) is 69.8 Å². The molecular formula is C28H27F5N6O. The van der Waals surface area contributed by atoms with Gasteiger partial charge in [-0.3, -0.25) is 0 Å². The van der Waals surface area contributed by atoms with Crippen LogP contribution in [-0.2, 0) is 18.0 Å². The van der Waals surface area contributed by atoms with E-state index in [1.165, 1.54) is 12.1 Å². The van der Waals surface area contributed by atoms with Crippen LogP contribution in [0.25, 0.3) is 22.3 Å². The lowest BCUT2D eigenvalue weighted by Gasteiger charge is -2.33. The van der Waals surface area contributed by atoms with E-state index in [1.807, 2.05) is 18.2 Å². The molecule has 0 saturated heterocycles. The molecule has 1 spiro atoms. The Hall–Kier alpha value is -3.64. The first-order valence-corrected chi connectivity index (χ1v) is 13.0. The van der Waals surface area contributed by atoms with Gasteiger partial charge in [0.2, 0.25) is 0 Å². The minimum Gasteiger partial charge on any atom is -0.366 e. The van der Waals surface area contributed by atoms with Gasteiger partial charge in [-0.15, -0.1) is 5.10 Å². The van der Waals surface area contributed by atoms with Crippen LogP contribution in [0.5, 0.6) is 0 Å². The molecule has 3 heterocycles. The van der Waals surface area contributed by atoms with Gasteiger partial charge < -0.3 is 14.6 Å². The van der Waals surface area contributed by atoms with Crippen LogP contribution in [0.3, 0.4) is 0 Å². The van der Waals surface area contributed by atoms with Gasteiger partial charge in [-0.2, -0.15) is 17.9 Å². The number of aryl methyl sites for hydroxylation is 1. The molecule has 0 amide bonds. The molecule has 1 aliphatic heterocycles. The first-order chi connectivity index (χ1) is 19.2. The standard InChI is InChI=1S/C28H27F5N6O/c1-38-23(39-26(28(31,32)33)35-36-37-39)13-18-3-2-4-22(25(18)38)20-14-27(40-16-20)10-9-19(15-34-12-11-29)24(27)17-5-7-21(30)8-6-17/h2-8,13-14,19,24,34H,9-12,15-16H2,1H3/t19-,24-,27-/m1/s1. The van der Waals surface area contributed by atoms with Crippen molar-refractivity contribution in [1.29, 1.82) is 0 Å². The van der Waals surface area contributed by atoms with Gasteiger partial charge >= 0.3 is 6.18 Å². The van der Waals surface area contributed by atoms with Crippen LogP contribution in [-0.4, -0.2) is 56.7 Å². The van der Waals surface area contributed by atoms with Crippen molar-refractivity contribution < 1.29 is 26.7 Å². The SMILES string of the molecule is Cn1c(-n2nnnc2C(F)(F)F)cc2cccc(C3=C[C@@]4(CC[C@H](CNCCF)[C@H]4c4ccc(F)cc4)OC3)c21. The van der Waals surface area contributed by atoms with Crippen LogP contribution in [0.4, 0.5) is 22.0 Å². The summed E-state index contributed by atoms with van der Waals surface area (Å²) < 4.78 is 76.1. The van der Waals surface area contributed by atoms with E-state index >= 15 is 0 Å². The molecule has 210 valence electrons. The van der Waals surface area contributed by atoms with Crippen LogP contribution in [0, 0.1) is 11.7 Å². The Bertz CT molecular complexity index is 1560. The second-order valence-electron chi connectivity index (χ2n) is 10.4. The summed E-state index contributed by atoms with van der Waals surface area (Å²) in [5, 5.41) is 13.9. The molecule has 1 fully saturated rings. The molecule has 0 unspecified atom stereocenters. The maximum Gasteiger partial charge on any atom is 0.453 e. The van der Waals surface area contributed by atoms with Crippen molar-refractivity contribution in [3.05, 3.63) is 77.4 Å². The van der Waals surface area contributed by atoms with Crippen LogP contribution in [0.2, 0.25) is 0 Å². The number of para-hydroxylation sites is 1. The van der Waals surface area contributed by atoms with Gasteiger partial charge in [0.1, 0.15) is 18.3 Å². The van der Waals surface area contributed by atoms with Gasteiger partial charge in [-0.25, -0.2) is 8.78 Å². The van der Waals surface area contributed by atoms with Crippen molar-refractivity contribution in [3.63, 3.8) is 0 Å². The number of alkyl halides is 4. The average Bonchev–Trinajstić information content (AvgIpc) is 3.71. The largest absolute Gasteiger partial charge is 0.453 e. The van der Waals surface area contributed by atoms with Crippen LogP contribution >= 0.6 is 0 Å². The maximum absolute atomic E-state index is 13.8. The summed E-state index contributed by atoms with van der Waals surface area (Å²) in [6.45, 7) is 0.708. The molecule has 0 bridgehead atoms. The summed E-state index contributed by atoms with van der Waals surface area (Å²) in [6.07, 6.45) is -1.03. The molecule has 40 heavy (non-hydrogen) atoms. The zero-order chi connectivity index (χ0) is 28.1. The number of tetrazole rings is 1. The monoisotopic (exact) mass is 558 g/mol. The number of ether oxygens (including phenoxy) is 1. The molecule has 2 aromatic carbocycles. The minimum atomic E-state index is -4.72. The number of aromatic nitrogens is 5. The van der Waals surface area contributed by atoms with Gasteiger partial charge in [-0.1, -0.05) is 30.3 Å². The van der Waals surface area contributed by atoms with E-state index in [0.717, 1.165) is 40.4 Å². The Kier molecular flexibility index (Phi) is 6.70. The van der Waals surface area contributed by atoms with Crippen LogP contribution < -0.4 is 5.32 Å². The van der Waals surface area contributed by atoms with Gasteiger partial charge in [0.05, 0.1) is 17.7 Å². The van der Waals surface area contributed by atoms with Crippen molar-refractivity contribution in [1.82, 2.24) is 30.1 Å². The van der Waals surface area contributed by atoms with E-state index in [0.29, 0.717) is 17.8 Å². The van der Waals surface area contributed by atoms with Crippen molar-refractivity contribution in [2.24, 2.45) is 13.0 Å². The highest BCUT2D eigenvalue weighted by Crippen LogP contribution is 2.53. The van der Waals surface area contributed by atoms with E-state index in [4.69, 9.17) is 4.74 Å². The lowest BCUT2D eigenvalue weighted by atomic mass is 9.79. The molecule has 3 atom stereocenters. The number of benzene rings is 2. The number of nitrogens with one attached hydrogen (secondary N) is 1. The van der Waals surface area contributed by atoms with Crippen molar-refractivity contribution in [2.75, 3.05) is 26.4 Å². The van der Waals surface area contributed by atoms with E-state index in [1.54, 1.807) is 29.8 Å². The summed E-state index contributed by atoms with van der Waals surface area (Å²) in [5.74, 6) is -1.29. The normalized spacial score (nSPS) is 23.0. The molecule has 2 aromatic heterocycles. The third-order valence-corrected chi connectivity index (χ3v) is 8.04. The molecule has 1 N–H and O–H groups in total. The minimum absolute atomic E-state index is 0.0866. The zero-order valence-electron chi connectivity index (χ0n) is 21.6. The maximum atomic E-state index is 13.8. The van der Waals surface area contributed by atoms with Crippen molar-refractivity contribution >= 4 is 16.5 Å². The lowest BCUT2D eigenvalue weighted by molar-refractivity contribution is -0.146. The van der Waals surface area contributed by atoms with E-state index < -0.39 is 24.3 Å². The van der Waals surface area contributed by atoms with E-state index in [-0.39, 0.29) is 30.0 Å². The highest BCUT2D eigenvalue weighted by molar-refractivity contribution is 5.94. The first kappa shape index (κ1) is 26.6. The molecule has 12 heteroatoms. The summed E-state index contributed by atoms with van der Waals surface area (Å²) in [6, 6.07) is 13.7. The molecule has 2 aliphatic rings. The smallest absolute Gasteiger partial charge is 0.366 e. The Morgan fingerprint density at radius 1 is 1.15 bits per heavy atom. The number of rotatable bonds is 7. The molecule has 1 saturated carbocycles. The summed E-state index contributed by atoms with van der Waals surface area (Å²) >= 11 is 0. The second kappa shape index (κ2) is 10.1. The Morgan fingerprint density at radius 2 is 1.95 bits per heavy atom. The number of hydrogen-bond acceptors (Lipinski definition) is 5. The highest BCUT2D eigenvalue weighted by Gasteiger charge is 2.51. The number of nitrogens with zero attached hydrogens (tertiary/aromatic N) is 5. The lowest BCUT2D eigenvalue weighted by Crippen LogP contribution is -2.35. The molecule has 6 rings (SSSR count). The van der Waals surface area contributed by atoms with Crippen molar-refractivity contribution in [2.45, 2.75) is 30.5 Å². The fourth-order valence-corrected chi connectivity index (χ4v) is 6.38. The van der Waals surface area contributed by atoms with Gasteiger partial charge in [-0.05, 0) is 71.1 Å². The first-order valence-electron chi connectivity index (χ1n) is 13.0. The number of hydrogen-bond donors (Lipinski definition) is 1. The van der Waals surface area contributed by atoms with Crippen LogP contribution in [0.15, 0.2) is 54.6 Å². The van der Waals surface area contributed by atoms with Gasteiger partial charge in [0.15, 0.2) is 0 Å².